The van der Waals surface area contributed by atoms with E-state index in [1.54, 1.807) is 30.0 Å². The fraction of sp³-hybridized carbons (Fsp3) is 0.417. The molecule has 0 amide bonds. The summed E-state index contributed by atoms with van der Waals surface area (Å²) in [4.78, 5) is 0. The summed E-state index contributed by atoms with van der Waals surface area (Å²) in [7, 11) is 0. The van der Waals surface area contributed by atoms with Crippen molar-refractivity contribution >= 4 is 29.1 Å². The van der Waals surface area contributed by atoms with Crippen LogP contribution in [-0.4, -0.2) is 29.8 Å². The number of thioether (sulfide) groups is 1. The molecule has 0 aliphatic rings. The second-order valence-corrected chi connectivity index (χ2v) is 4.96. The highest BCUT2D eigenvalue weighted by Gasteiger charge is 2.10. The minimum Gasteiger partial charge on any atom is -0.396 e. The number of hydrogen-bond donors (Lipinski definition) is 2. The van der Waals surface area contributed by atoms with Crippen LogP contribution in [0, 0.1) is 11.3 Å². The van der Waals surface area contributed by atoms with Gasteiger partial charge in [0, 0.05) is 23.4 Å². The summed E-state index contributed by atoms with van der Waals surface area (Å²) in [5, 5.41) is 21.8. The number of nitriles is 1. The van der Waals surface area contributed by atoms with Gasteiger partial charge in [-0.25, -0.2) is 0 Å². The van der Waals surface area contributed by atoms with Gasteiger partial charge in [0.25, 0.3) is 0 Å². The summed E-state index contributed by atoms with van der Waals surface area (Å²) < 4.78 is 0. The van der Waals surface area contributed by atoms with Crippen molar-refractivity contribution in [3.63, 3.8) is 0 Å². The van der Waals surface area contributed by atoms with E-state index in [0.717, 1.165) is 11.4 Å². The molecule has 17 heavy (non-hydrogen) atoms. The molecule has 0 aliphatic carbocycles. The number of rotatable bonds is 6. The Morgan fingerprint density at radius 2 is 2.35 bits per heavy atom. The SMILES string of the molecule is CSCC(CCO)Nc1ccc(Cl)cc1C#N. The van der Waals surface area contributed by atoms with Crippen LogP contribution in [0.2, 0.25) is 5.02 Å². The average molecular weight is 271 g/mol. The Bertz CT molecular complexity index is 400. The van der Waals surface area contributed by atoms with E-state index >= 15 is 0 Å². The van der Waals surface area contributed by atoms with E-state index in [4.69, 9.17) is 22.0 Å². The molecular formula is C12H15ClN2OS. The summed E-state index contributed by atoms with van der Waals surface area (Å²) in [6, 6.07) is 7.45. The summed E-state index contributed by atoms with van der Waals surface area (Å²) in [5.74, 6) is 0.883. The quantitative estimate of drug-likeness (QED) is 0.835. The fourth-order valence-electron chi connectivity index (χ4n) is 1.51. The number of hydrogen-bond acceptors (Lipinski definition) is 4. The third-order valence-corrected chi connectivity index (χ3v) is 3.28. The van der Waals surface area contributed by atoms with Crippen molar-refractivity contribution in [3.8, 4) is 6.07 Å². The van der Waals surface area contributed by atoms with Crippen molar-refractivity contribution in [1.29, 1.82) is 5.26 Å². The molecule has 1 aromatic rings. The van der Waals surface area contributed by atoms with Crippen molar-refractivity contribution in [2.24, 2.45) is 0 Å². The first-order valence-electron chi connectivity index (χ1n) is 5.27. The summed E-state index contributed by atoms with van der Waals surface area (Å²) >= 11 is 7.53. The van der Waals surface area contributed by atoms with E-state index in [1.807, 2.05) is 6.26 Å². The number of aliphatic hydroxyl groups excluding tert-OH is 1. The molecule has 0 aliphatic heterocycles. The zero-order chi connectivity index (χ0) is 12.7. The van der Waals surface area contributed by atoms with Crippen molar-refractivity contribution in [1.82, 2.24) is 0 Å². The normalized spacial score (nSPS) is 11.9. The highest BCUT2D eigenvalue weighted by molar-refractivity contribution is 7.98. The average Bonchev–Trinajstić information content (AvgIpc) is 2.32. The summed E-state index contributed by atoms with van der Waals surface area (Å²) in [6.07, 6.45) is 2.67. The maximum atomic E-state index is 9.01. The molecule has 1 rings (SSSR count). The Labute approximate surface area is 111 Å². The topological polar surface area (TPSA) is 56.0 Å². The fourth-order valence-corrected chi connectivity index (χ4v) is 2.33. The van der Waals surface area contributed by atoms with E-state index in [-0.39, 0.29) is 12.6 Å². The first-order chi connectivity index (χ1) is 8.21. The number of halogens is 1. The van der Waals surface area contributed by atoms with Crippen LogP contribution in [0.4, 0.5) is 5.69 Å². The zero-order valence-electron chi connectivity index (χ0n) is 9.61. The Kier molecular flexibility index (Phi) is 6.20. The number of nitrogens with one attached hydrogen (secondary N) is 1. The summed E-state index contributed by atoms with van der Waals surface area (Å²) in [5.41, 5.74) is 1.30. The third-order valence-electron chi connectivity index (χ3n) is 2.31. The molecule has 0 fully saturated rings. The van der Waals surface area contributed by atoms with Crippen LogP contribution in [0.3, 0.4) is 0 Å². The van der Waals surface area contributed by atoms with E-state index in [9.17, 15) is 0 Å². The minimum absolute atomic E-state index is 0.133. The van der Waals surface area contributed by atoms with Gasteiger partial charge in [-0.3, -0.25) is 0 Å². The van der Waals surface area contributed by atoms with Crippen LogP contribution in [-0.2, 0) is 0 Å². The van der Waals surface area contributed by atoms with E-state index in [2.05, 4.69) is 11.4 Å². The van der Waals surface area contributed by atoms with Crippen molar-refractivity contribution in [2.45, 2.75) is 12.5 Å². The smallest absolute Gasteiger partial charge is 0.101 e. The molecule has 0 spiro atoms. The number of benzene rings is 1. The van der Waals surface area contributed by atoms with Crippen LogP contribution >= 0.6 is 23.4 Å². The lowest BCUT2D eigenvalue weighted by Crippen LogP contribution is -2.24. The molecule has 0 radical (unpaired) electrons. The van der Waals surface area contributed by atoms with E-state index in [1.165, 1.54) is 0 Å². The van der Waals surface area contributed by atoms with Crippen molar-refractivity contribution in [2.75, 3.05) is 23.9 Å². The van der Waals surface area contributed by atoms with Crippen LogP contribution in [0.5, 0.6) is 0 Å². The van der Waals surface area contributed by atoms with Gasteiger partial charge in [0.15, 0.2) is 0 Å². The molecule has 0 bridgehead atoms. The molecule has 0 saturated carbocycles. The third kappa shape index (κ3) is 4.47. The molecule has 1 atom stereocenters. The Balaban J connectivity index is 2.81. The lowest BCUT2D eigenvalue weighted by Gasteiger charge is -2.18. The Morgan fingerprint density at radius 3 is 2.94 bits per heavy atom. The van der Waals surface area contributed by atoms with Crippen molar-refractivity contribution in [3.05, 3.63) is 28.8 Å². The summed E-state index contributed by atoms with van der Waals surface area (Å²) in [6.45, 7) is 0.133. The number of nitrogens with zero attached hydrogens (tertiary/aromatic N) is 1. The predicted molar refractivity (Wildman–Crippen MR) is 73.7 cm³/mol. The largest absolute Gasteiger partial charge is 0.396 e. The second kappa shape index (κ2) is 7.44. The van der Waals surface area contributed by atoms with Gasteiger partial charge < -0.3 is 10.4 Å². The maximum absolute atomic E-state index is 9.01. The maximum Gasteiger partial charge on any atom is 0.101 e. The molecule has 1 aromatic carbocycles. The van der Waals surface area contributed by atoms with E-state index in [0.29, 0.717) is 17.0 Å². The van der Waals surface area contributed by atoms with Gasteiger partial charge >= 0.3 is 0 Å². The second-order valence-electron chi connectivity index (χ2n) is 3.61. The monoisotopic (exact) mass is 270 g/mol. The van der Waals surface area contributed by atoms with Crippen LogP contribution < -0.4 is 5.32 Å². The van der Waals surface area contributed by atoms with Gasteiger partial charge in [-0.05, 0) is 30.9 Å². The number of aliphatic hydroxyl groups is 1. The van der Waals surface area contributed by atoms with Gasteiger partial charge in [-0.15, -0.1) is 0 Å². The van der Waals surface area contributed by atoms with Gasteiger partial charge in [-0.2, -0.15) is 17.0 Å². The van der Waals surface area contributed by atoms with Gasteiger partial charge in [-0.1, -0.05) is 11.6 Å². The van der Waals surface area contributed by atoms with Gasteiger partial charge in [0.1, 0.15) is 6.07 Å². The zero-order valence-corrected chi connectivity index (χ0v) is 11.2. The molecule has 3 nitrogen and oxygen atoms in total. The highest BCUT2D eigenvalue weighted by Crippen LogP contribution is 2.21. The minimum atomic E-state index is 0.133. The first-order valence-corrected chi connectivity index (χ1v) is 7.04. The van der Waals surface area contributed by atoms with Crippen LogP contribution in [0.15, 0.2) is 18.2 Å². The highest BCUT2D eigenvalue weighted by atomic mass is 35.5. The molecule has 92 valence electrons. The standard InChI is InChI=1S/C12H15ClN2OS/c1-17-8-11(4-5-16)15-12-3-2-10(13)6-9(12)7-14/h2-3,6,11,15-16H,4-5,8H2,1H3. The van der Waals surface area contributed by atoms with Crippen molar-refractivity contribution < 1.29 is 5.11 Å². The van der Waals surface area contributed by atoms with Crippen LogP contribution in [0.25, 0.3) is 0 Å². The predicted octanol–water partition coefficient (Wildman–Crippen LogP) is 2.74. The molecular weight excluding hydrogens is 256 g/mol. The Morgan fingerprint density at radius 1 is 1.59 bits per heavy atom. The molecule has 0 aromatic heterocycles. The number of anilines is 1. The van der Waals surface area contributed by atoms with E-state index < -0.39 is 0 Å². The lowest BCUT2D eigenvalue weighted by molar-refractivity contribution is 0.282. The lowest BCUT2D eigenvalue weighted by atomic mass is 10.1. The molecule has 0 saturated heterocycles. The van der Waals surface area contributed by atoms with Gasteiger partial charge in [0.2, 0.25) is 0 Å². The van der Waals surface area contributed by atoms with Crippen LogP contribution in [0.1, 0.15) is 12.0 Å². The van der Waals surface area contributed by atoms with Gasteiger partial charge in [0.05, 0.1) is 11.3 Å². The first kappa shape index (κ1) is 14.2. The molecule has 5 heteroatoms. The molecule has 1 unspecified atom stereocenters. The Hall–Kier alpha value is -0.890. The molecule has 0 heterocycles. The molecule has 2 N–H and O–H groups in total.